The van der Waals surface area contributed by atoms with Crippen LogP contribution in [-0.4, -0.2) is 30.1 Å². The van der Waals surface area contributed by atoms with Gasteiger partial charge in [0.15, 0.2) is 24.4 Å². The van der Waals surface area contributed by atoms with Gasteiger partial charge >= 0.3 is 40.8 Å². The van der Waals surface area contributed by atoms with E-state index in [1.165, 1.54) is 30.1 Å². The van der Waals surface area contributed by atoms with Crippen LogP contribution in [0.5, 0.6) is 0 Å². The first-order valence-electron chi connectivity index (χ1n) is 3.66. The predicted molar refractivity (Wildman–Crippen MR) is 95.2 cm³/mol. The minimum atomic E-state index is 0.575. The normalized spacial score (nSPS) is 19.3. The number of hydrogen-bond acceptors (Lipinski definition) is 4. The van der Waals surface area contributed by atoms with Crippen molar-refractivity contribution < 1.29 is 13.9 Å². The van der Waals surface area contributed by atoms with Crippen molar-refractivity contribution in [2.24, 2.45) is 0 Å². The third-order valence-electron chi connectivity index (χ3n) is 1.07. The Morgan fingerprint density at radius 1 is 0.800 bits per heavy atom. The fourth-order valence-corrected chi connectivity index (χ4v) is 5.39. The molecule has 0 saturated carbocycles. The Kier molecular flexibility index (Phi) is 16.5. The zero-order chi connectivity index (χ0) is 11.5. The molecule has 0 aromatic heterocycles. The second-order valence-corrected chi connectivity index (χ2v) is 16.2. The van der Waals surface area contributed by atoms with Crippen LogP contribution in [0.4, 0.5) is 0 Å². The molecule has 0 bridgehead atoms. The molecular weight excluding hydrogens is 531 g/mol. The molecule has 2 heterocycles. The molecule has 15 heavy (non-hydrogen) atoms. The predicted octanol–water partition coefficient (Wildman–Crippen LogP) is 3.35. The summed E-state index contributed by atoms with van der Waals surface area (Å²) in [5.74, 6) is 5.01. The van der Waals surface area contributed by atoms with Crippen molar-refractivity contribution in [2.75, 3.05) is 23.0 Å². The molecule has 0 aromatic rings. The van der Waals surface area contributed by atoms with Crippen molar-refractivity contribution in [3.63, 3.8) is 0 Å². The number of halogens is 2. The van der Waals surface area contributed by atoms with Crippen LogP contribution in [0.15, 0.2) is 0 Å². The molecule has 0 nitrogen and oxygen atoms in total. The summed E-state index contributed by atoms with van der Waals surface area (Å²) in [4.78, 5) is 0. The second-order valence-electron chi connectivity index (χ2n) is 1.97. The van der Waals surface area contributed by atoms with Crippen LogP contribution in [0.2, 0.25) is 0 Å². The Morgan fingerprint density at radius 3 is 1.07 bits per heavy atom. The van der Waals surface area contributed by atoms with Gasteiger partial charge in [0.25, 0.3) is 7.06 Å². The Labute approximate surface area is 140 Å². The molecule has 2 aliphatic heterocycles. The quantitative estimate of drug-likeness (QED) is 0.200. The van der Waals surface area contributed by atoms with E-state index in [4.69, 9.17) is 0 Å². The maximum atomic E-state index is 4.14. The zero-order valence-electron chi connectivity index (χ0n) is 7.43. The van der Waals surface area contributed by atoms with Crippen molar-refractivity contribution in [2.45, 2.75) is 0 Å². The first kappa shape index (κ1) is 18.2. The standard InChI is InChI=1S/2C3H4S3.2BrH.Pd/c2*4-3-5-1-2-6-3;;;/h2*1-2H2;2*1H;/q;;;;+2. The van der Waals surface area contributed by atoms with Crippen molar-refractivity contribution >= 4 is 105 Å². The monoisotopic (exact) mass is 538 g/mol. The molecule has 0 aliphatic carbocycles. The van der Waals surface area contributed by atoms with E-state index in [0.717, 1.165) is 0 Å². The van der Waals surface area contributed by atoms with Gasteiger partial charge in [-0.25, -0.2) is 0 Å². The largest absolute Gasteiger partial charge is 0.289 e. The van der Waals surface area contributed by atoms with E-state index < -0.39 is 0 Å². The molecule has 9 heteroatoms. The molecule has 2 saturated heterocycles. The van der Waals surface area contributed by atoms with Crippen LogP contribution >= 0.6 is 73.9 Å². The van der Waals surface area contributed by atoms with Gasteiger partial charge in [-0.1, -0.05) is 47.0 Å². The topological polar surface area (TPSA) is 0 Å². The first-order chi connectivity index (χ1) is 7.20. The fraction of sp³-hybridized carbons (Fsp3) is 0.667. The molecule has 2 rings (SSSR count). The van der Waals surface area contributed by atoms with E-state index in [9.17, 15) is 0 Å². The summed E-state index contributed by atoms with van der Waals surface area (Å²) in [5, 5.41) is 0. The Hall–Kier alpha value is 3.20. The molecule has 2 aliphatic rings. The molecule has 92 valence electrons. The summed E-state index contributed by atoms with van der Waals surface area (Å²) in [5.41, 5.74) is 0. The van der Waals surface area contributed by atoms with E-state index in [1.807, 2.05) is 47.0 Å². The number of thioether (sulfide) groups is 4. The summed E-state index contributed by atoms with van der Waals surface area (Å²) in [6.45, 7) is 0. The smallest absolute Gasteiger partial charge is 0.0571 e. The Bertz CT molecular complexity index is 166. The molecule has 0 N–H and O–H groups in total. The van der Waals surface area contributed by atoms with Gasteiger partial charge in [0.1, 0.15) is 0 Å². The number of thiol groups is 2. The van der Waals surface area contributed by atoms with Crippen LogP contribution < -0.4 is 0 Å². The summed E-state index contributed by atoms with van der Waals surface area (Å²) in [7, 11) is 0. The summed E-state index contributed by atoms with van der Waals surface area (Å²) in [6, 6.07) is 0. The van der Waals surface area contributed by atoms with Crippen molar-refractivity contribution in [3.8, 4) is 0 Å². The fourth-order valence-electron chi connectivity index (χ4n) is 0.599. The van der Waals surface area contributed by atoms with Crippen molar-refractivity contribution in [3.05, 3.63) is 0 Å². The Balaban J connectivity index is 0.000000210. The van der Waals surface area contributed by atoms with E-state index in [-0.39, 0.29) is 0 Å². The average molecular weight is 541 g/mol. The van der Waals surface area contributed by atoms with Crippen molar-refractivity contribution in [1.82, 2.24) is 0 Å². The summed E-state index contributed by atoms with van der Waals surface area (Å²) in [6.07, 6.45) is 0. The van der Waals surface area contributed by atoms with Gasteiger partial charge in [-0.15, -0.1) is 0 Å². The molecule has 0 unspecified atom stereocenters. The first-order valence-corrected chi connectivity index (χ1v) is 15.6. The van der Waals surface area contributed by atoms with Crippen LogP contribution in [0.3, 0.4) is 0 Å². The average Bonchev–Trinajstić information content (AvgIpc) is 2.81. The molecule has 0 atom stereocenters. The van der Waals surface area contributed by atoms with E-state index in [1.54, 1.807) is 0 Å². The van der Waals surface area contributed by atoms with Gasteiger partial charge in [0.05, 0.1) is 0 Å². The maximum absolute atomic E-state index is 4.14. The zero-order valence-corrected chi connectivity index (χ0v) is 17.2. The van der Waals surface area contributed by atoms with Crippen LogP contribution in [0.25, 0.3) is 0 Å². The van der Waals surface area contributed by atoms with Gasteiger partial charge in [0.2, 0.25) is 0 Å². The van der Waals surface area contributed by atoms with Gasteiger partial charge < -0.3 is 0 Å². The minimum Gasteiger partial charge on any atom is -0.0571 e. The van der Waals surface area contributed by atoms with Gasteiger partial charge in [-0.05, 0) is 0 Å². The molecule has 0 amide bonds. The third kappa shape index (κ3) is 13.4. The van der Waals surface area contributed by atoms with Crippen LogP contribution in [0, 0.1) is 0 Å². The molecule has 0 radical (unpaired) electrons. The number of rotatable bonds is 0. The Morgan fingerprint density at radius 2 is 1.00 bits per heavy atom. The summed E-state index contributed by atoms with van der Waals surface area (Å²) >= 11 is 22.4. The molecule has 2 fully saturated rings. The number of hydrogen-bond donors (Lipinski definition) is 0. The maximum Gasteiger partial charge on any atom is 0.289 e. The van der Waals surface area contributed by atoms with E-state index in [2.05, 4.69) is 51.3 Å². The minimum absolute atomic E-state index is 0.575. The molecule has 0 spiro atoms. The van der Waals surface area contributed by atoms with Gasteiger partial charge in [-0.2, -0.15) is 0 Å². The SMILES string of the molecule is [Br][Pd][Br].[SH+]=C1SCCS1.[SH+]=C1SCCS1. The van der Waals surface area contributed by atoms with E-state index in [0.29, 0.717) is 13.9 Å². The molecular formula is C6H10Br2PdS6+2. The van der Waals surface area contributed by atoms with E-state index >= 15 is 0 Å². The van der Waals surface area contributed by atoms with Crippen LogP contribution in [-0.2, 0) is 38.4 Å². The third-order valence-corrected chi connectivity index (χ3v) is 7.17. The van der Waals surface area contributed by atoms with Crippen LogP contribution in [0.1, 0.15) is 0 Å². The van der Waals surface area contributed by atoms with Gasteiger partial charge in [-0.3, -0.25) is 0 Å². The molecule has 0 aromatic carbocycles. The van der Waals surface area contributed by atoms with Crippen molar-refractivity contribution in [1.29, 1.82) is 0 Å². The second kappa shape index (κ2) is 13.6. The van der Waals surface area contributed by atoms with Gasteiger partial charge in [0, 0.05) is 23.0 Å². The summed E-state index contributed by atoms with van der Waals surface area (Å²) < 4.78 is 2.46.